The van der Waals surface area contributed by atoms with Crippen LogP contribution >= 0.6 is 0 Å². The van der Waals surface area contributed by atoms with Gasteiger partial charge in [-0.15, -0.1) is 0 Å². The molecule has 4 unspecified atom stereocenters. The van der Waals surface area contributed by atoms with E-state index in [1.165, 1.54) is 38.5 Å². The Labute approximate surface area is 181 Å². The fourth-order valence-electron chi connectivity index (χ4n) is 7.35. The van der Waals surface area contributed by atoms with E-state index >= 15 is 0 Å². The van der Waals surface area contributed by atoms with Gasteiger partial charge in [-0.05, 0) is 87.9 Å². The van der Waals surface area contributed by atoms with Crippen molar-refractivity contribution in [1.82, 2.24) is 15.1 Å². The van der Waals surface area contributed by atoms with Crippen LogP contribution in [0.4, 0.5) is 4.79 Å². The zero-order valence-electron chi connectivity index (χ0n) is 18.6. The van der Waals surface area contributed by atoms with Gasteiger partial charge >= 0.3 is 6.03 Å². The molecular formula is C24H39N3O3. The number of nitrogens with one attached hydrogen (secondary N) is 1. The highest BCUT2D eigenvalue weighted by molar-refractivity contribution is 5.80. The van der Waals surface area contributed by atoms with E-state index < -0.39 is 0 Å². The van der Waals surface area contributed by atoms with E-state index in [4.69, 9.17) is 4.74 Å². The molecule has 1 N–H and O–H groups in total. The number of urea groups is 1. The zero-order chi connectivity index (χ0) is 20.7. The highest BCUT2D eigenvalue weighted by atomic mass is 16.5. The molecule has 3 aliphatic carbocycles. The smallest absolute Gasteiger partial charge is 0.320 e. The molecule has 6 heteroatoms. The fourth-order valence-corrected chi connectivity index (χ4v) is 7.35. The van der Waals surface area contributed by atoms with Gasteiger partial charge in [-0.25, -0.2) is 4.79 Å². The van der Waals surface area contributed by atoms with Crippen molar-refractivity contribution < 1.29 is 14.3 Å². The second kappa shape index (κ2) is 8.68. The average Bonchev–Trinajstić information content (AvgIpc) is 3.02. The number of piperidine rings is 2. The molecule has 5 rings (SSSR count). The first kappa shape index (κ1) is 20.6. The zero-order valence-corrected chi connectivity index (χ0v) is 18.6. The van der Waals surface area contributed by atoms with Crippen molar-refractivity contribution in [2.75, 3.05) is 33.3 Å². The summed E-state index contributed by atoms with van der Waals surface area (Å²) < 4.78 is 5.41. The highest BCUT2D eigenvalue weighted by Gasteiger charge is 2.46. The Bertz CT molecular complexity index is 640. The number of hydrogen-bond donors (Lipinski definition) is 1. The van der Waals surface area contributed by atoms with Crippen LogP contribution in [0, 0.1) is 29.6 Å². The van der Waals surface area contributed by atoms with Gasteiger partial charge in [0, 0.05) is 45.2 Å². The van der Waals surface area contributed by atoms with Crippen molar-refractivity contribution >= 4 is 11.9 Å². The SMILES string of the molecule is COC1CCN(C(=O)N2CCC(C(=O)NC3CC[C@@H]4CC5CC3CC4C5)CC2)CC1. The molecule has 0 aromatic heterocycles. The van der Waals surface area contributed by atoms with E-state index in [2.05, 4.69) is 5.32 Å². The first-order valence-electron chi connectivity index (χ1n) is 12.5. The van der Waals surface area contributed by atoms with Gasteiger partial charge in [0.1, 0.15) is 0 Å². The fraction of sp³-hybridized carbons (Fsp3) is 0.917. The summed E-state index contributed by atoms with van der Waals surface area (Å²) >= 11 is 0. The van der Waals surface area contributed by atoms with E-state index in [-0.39, 0.29) is 24.0 Å². The van der Waals surface area contributed by atoms with Crippen LogP contribution in [0.2, 0.25) is 0 Å². The van der Waals surface area contributed by atoms with Crippen molar-refractivity contribution in [2.24, 2.45) is 29.6 Å². The molecule has 0 aromatic carbocycles. The Hall–Kier alpha value is -1.30. The van der Waals surface area contributed by atoms with Crippen molar-refractivity contribution in [3.05, 3.63) is 0 Å². The van der Waals surface area contributed by atoms with Crippen LogP contribution in [0.25, 0.3) is 0 Å². The summed E-state index contributed by atoms with van der Waals surface area (Å²) in [5.41, 5.74) is 0. The molecule has 0 radical (unpaired) electrons. The van der Waals surface area contributed by atoms with Gasteiger partial charge in [0.2, 0.25) is 5.91 Å². The average molecular weight is 418 g/mol. The first-order valence-corrected chi connectivity index (χ1v) is 12.5. The molecule has 2 saturated heterocycles. The number of ether oxygens (including phenoxy) is 1. The standard InChI is InChI=1S/C24H39N3O3/c1-30-21-6-10-27(11-7-21)24(29)26-8-4-17(5-9-26)23(28)25-22-3-2-18-12-16-13-19(18)15-20(22)14-16/h16-22H,2-15H2,1H3,(H,25,28)/t16?,18-,19?,20?,22?/m1/s1. The molecule has 3 amide bonds. The molecule has 0 aromatic rings. The van der Waals surface area contributed by atoms with Crippen LogP contribution in [0.1, 0.15) is 64.2 Å². The molecule has 2 aliphatic heterocycles. The van der Waals surface area contributed by atoms with Crippen molar-refractivity contribution in [3.8, 4) is 0 Å². The summed E-state index contributed by atoms with van der Waals surface area (Å²) in [4.78, 5) is 29.8. The minimum Gasteiger partial charge on any atom is -0.381 e. The number of fused-ring (bicyclic) bond motifs is 2. The van der Waals surface area contributed by atoms with Crippen molar-refractivity contribution in [1.29, 1.82) is 0 Å². The van der Waals surface area contributed by atoms with E-state index in [1.807, 2.05) is 9.80 Å². The summed E-state index contributed by atoms with van der Waals surface area (Å²) in [5.74, 6) is 3.85. The lowest BCUT2D eigenvalue weighted by atomic mass is 9.77. The van der Waals surface area contributed by atoms with Gasteiger partial charge in [0.25, 0.3) is 0 Å². The number of amides is 3. The Balaban J connectivity index is 1.09. The molecule has 5 atom stereocenters. The third-order valence-corrected chi connectivity index (χ3v) is 9.11. The summed E-state index contributed by atoms with van der Waals surface area (Å²) in [6.45, 7) is 2.98. The van der Waals surface area contributed by atoms with Crippen LogP contribution in [0.3, 0.4) is 0 Å². The van der Waals surface area contributed by atoms with Gasteiger partial charge < -0.3 is 19.9 Å². The quantitative estimate of drug-likeness (QED) is 0.767. The predicted octanol–water partition coefficient (Wildman–Crippen LogP) is 3.26. The minimum absolute atomic E-state index is 0.0745. The predicted molar refractivity (Wildman–Crippen MR) is 115 cm³/mol. The molecule has 30 heavy (non-hydrogen) atoms. The minimum atomic E-state index is 0.0745. The Morgan fingerprint density at radius 1 is 0.767 bits per heavy atom. The largest absolute Gasteiger partial charge is 0.381 e. The number of carbonyl (C=O) groups excluding carboxylic acids is 2. The Morgan fingerprint density at radius 3 is 2.10 bits per heavy atom. The van der Waals surface area contributed by atoms with Gasteiger partial charge in [-0.3, -0.25) is 4.79 Å². The van der Waals surface area contributed by atoms with Crippen molar-refractivity contribution in [2.45, 2.75) is 76.4 Å². The summed E-state index contributed by atoms with van der Waals surface area (Å²) in [6.07, 6.45) is 11.8. The summed E-state index contributed by atoms with van der Waals surface area (Å²) in [5, 5.41) is 3.48. The Kier molecular flexibility index (Phi) is 5.96. The second-order valence-electron chi connectivity index (χ2n) is 10.7. The second-order valence-corrected chi connectivity index (χ2v) is 10.7. The monoisotopic (exact) mass is 417 g/mol. The number of nitrogens with zero attached hydrogens (tertiary/aromatic N) is 2. The topological polar surface area (TPSA) is 61.9 Å². The maximum Gasteiger partial charge on any atom is 0.320 e. The summed E-state index contributed by atoms with van der Waals surface area (Å²) in [6, 6.07) is 0.550. The van der Waals surface area contributed by atoms with Crippen LogP contribution < -0.4 is 5.32 Å². The van der Waals surface area contributed by atoms with Crippen LogP contribution in [-0.2, 0) is 9.53 Å². The Morgan fingerprint density at radius 2 is 1.40 bits per heavy atom. The number of hydrogen-bond acceptors (Lipinski definition) is 3. The molecule has 168 valence electrons. The third kappa shape index (κ3) is 4.09. The third-order valence-electron chi connectivity index (χ3n) is 9.11. The van der Waals surface area contributed by atoms with Crippen LogP contribution in [-0.4, -0.2) is 67.2 Å². The van der Waals surface area contributed by atoms with Crippen LogP contribution in [0.15, 0.2) is 0 Å². The molecule has 5 aliphatic rings. The van der Waals surface area contributed by atoms with Crippen LogP contribution in [0.5, 0.6) is 0 Å². The maximum absolute atomic E-state index is 13.0. The first-order chi connectivity index (χ1) is 14.6. The molecule has 0 spiro atoms. The lowest BCUT2D eigenvalue weighted by Crippen LogP contribution is -2.52. The number of likely N-dealkylation sites (tertiary alicyclic amines) is 2. The van der Waals surface area contributed by atoms with Gasteiger partial charge in [-0.2, -0.15) is 0 Å². The molecule has 2 heterocycles. The highest BCUT2D eigenvalue weighted by Crippen LogP contribution is 2.53. The van der Waals surface area contributed by atoms with E-state index in [1.54, 1.807) is 7.11 Å². The van der Waals surface area contributed by atoms with E-state index in [0.29, 0.717) is 25.0 Å². The number of rotatable bonds is 3. The van der Waals surface area contributed by atoms with E-state index in [9.17, 15) is 9.59 Å². The molecular weight excluding hydrogens is 378 g/mol. The summed E-state index contributed by atoms with van der Waals surface area (Å²) in [7, 11) is 1.75. The number of methoxy groups -OCH3 is 1. The van der Waals surface area contributed by atoms with Crippen molar-refractivity contribution in [3.63, 3.8) is 0 Å². The lowest BCUT2D eigenvalue weighted by Gasteiger charge is -2.39. The molecule has 3 bridgehead atoms. The lowest BCUT2D eigenvalue weighted by molar-refractivity contribution is -0.127. The molecule has 3 saturated carbocycles. The van der Waals surface area contributed by atoms with Gasteiger partial charge in [-0.1, -0.05) is 0 Å². The molecule has 6 nitrogen and oxygen atoms in total. The van der Waals surface area contributed by atoms with Gasteiger partial charge in [0.05, 0.1) is 6.10 Å². The normalized spacial score (nSPS) is 37.3. The van der Waals surface area contributed by atoms with Gasteiger partial charge in [0.15, 0.2) is 0 Å². The van der Waals surface area contributed by atoms with E-state index in [0.717, 1.165) is 56.5 Å². The molecule has 5 fully saturated rings. The maximum atomic E-state index is 13.0. The number of carbonyl (C=O) groups is 2.